The van der Waals surface area contributed by atoms with Crippen molar-refractivity contribution in [2.75, 3.05) is 11.4 Å². The van der Waals surface area contributed by atoms with E-state index in [1.54, 1.807) is 18.2 Å². The second-order valence-electron chi connectivity index (χ2n) is 5.00. The van der Waals surface area contributed by atoms with E-state index in [1.807, 2.05) is 4.90 Å². The number of carboxylic acids is 1. The van der Waals surface area contributed by atoms with E-state index in [9.17, 15) is 9.59 Å². The molecule has 1 aromatic rings. The molecule has 0 radical (unpaired) electrons. The van der Waals surface area contributed by atoms with Gasteiger partial charge in [0.05, 0.1) is 17.8 Å². The highest BCUT2D eigenvalue weighted by Gasteiger charge is 2.25. The summed E-state index contributed by atoms with van der Waals surface area (Å²) in [5.74, 6) is -1.36. The average molecular weight is 341 g/mol. The van der Waals surface area contributed by atoms with Crippen molar-refractivity contribution >= 4 is 33.5 Å². The van der Waals surface area contributed by atoms with Crippen LogP contribution in [-0.4, -0.2) is 29.6 Å². The minimum Gasteiger partial charge on any atom is -0.478 e. The number of hydrogen-bond donors (Lipinski definition) is 2. The monoisotopic (exact) mass is 340 g/mol. The lowest BCUT2D eigenvalue weighted by Crippen LogP contribution is -2.40. The van der Waals surface area contributed by atoms with E-state index in [1.165, 1.54) is 0 Å². The molecule has 5 nitrogen and oxygen atoms in total. The SMILES string of the molecule is NC(=O)CN(c1ccc(C(=O)O)cc1Br)C1CCCC1. The Morgan fingerprint density at radius 3 is 2.50 bits per heavy atom. The Hall–Kier alpha value is -1.56. The lowest BCUT2D eigenvalue weighted by atomic mass is 10.1. The van der Waals surface area contributed by atoms with Crippen molar-refractivity contribution < 1.29 is 14.7 Å². The molecule has 1 aliphatic rings. The first-order valence-electron chi connectivity index (χ1n) is 6.57. The van der Waals surface area contributed by atoms with Crippen molar-refractivity contribution in [1.29, 1.82) is 0 Å². The molecular formula is C14H17BrN2O3. The maximum absolute atomic E-state index is 11.3. The van der Waals surface area contributed by atoms with E-state index < -0.39 is 5.97 Å². The maximum atomic E-state index is 11.3. The highest BCUT2D eigenvalue weighted by atomic mass is 79.9. The fourth-order valence-corrected chi connectivity index (χ4v) is 3.27. The molecule has 0 aliphatic heterocycles. The molecule has 1 saturated carbocycles. The number of benzene rings is 1. The van der Waals surface area contributed by atoms with Crippen LogP contribution in [0.2, 0.25) is 0 Å². The fraction of sp³-hybridized carbons (Fsp3) is 0.429. The van der Waals surface area contributed by atoms with Crippen molar-refractivity contribution in [3.05, 3.63) is 28.2 Å². The summed E-state index contributed by atoms with van der Waals surface area (Å²) in [6, 6.07) is 5.12. The molecule has 20 heavy (non-hydrogen) atoms. The van der Waals surface area contributed by atoms with Gasteiger partial charge in [0, 0.05) is 10.5 Å². The molecule has 0 bridgehead atoms. The van der Waals surface area contributed by atoms with Gasteiger partial charge in [-0.3, -0.25) is 4.79 Å². The summed E-state index contributed by atoms with van der Waals surface area (Å²) in [5, 5.41) is 8.99. The molecule has 3 N–H and O–H groups in total. The van der Waals surface area contributed by atoms with Gasteiger partial charge in [-0.15, -0.1) is 0 Å². The number of aromatic carboxylic acids is 1. The third kappa shape index (κ3) is 3.30. The molecule has 2 rings (SSSR count). The van der Waals surface area contributed by atoms with Gasteiger partial charge < -0.3 is 15.7 Å². The van der Waals surface area contributed by atoms with Gasteiger partial charge in [0.2, 0.25) is 5.91 Å². The number of carbonyl (C=O) groups is 2. The quantitative estimate of drug-likeness (QED) is 0.861. The molecule has 0 atom stereocenters. The highest BCUT2D eigenvalue weighted by Crippen LogP contribution is 2.33. The smallest absolute Gasteiger partial charge is 0.335 e. The zero-order valence-corrected chi connectivity index (χ0v) is 12.6. The zero-order chi connectivity index (χ0) is 14.7. The molecule has 0 heterocycles. The number of rotatable bonds is 5. The molecule has 1 fully saturated rings. The van der Waals surface area contributed by atoms with Crippen LogP contribution in [0.25, 0.3) is 0 Å². The van der Waals surface area contributed by atoms with E-state index in [2.05, 4.69) is 15.9 Å². The summed E-state index contributed by atoms with van der Waals surface area (Å²) in [6.45, 7) is 0.148. The molecule has 0 saturated heterocycles. The summed E-state index contributed by atoms with van der Waals surface area (Å²) in [4.78, 5) is 24.2. The summed E-state index contributed by atoms with van der Waals surface area (Å²) in [6.07, 6.45) is 4.34. The molecule has 108 valence electrons. The van der Waals surface area contributed by atoms with Gasteiger partial charge >= 0.3 is 5.97 Å². The molecule has 1 amide bonds. The number of nitrogens with two attached hydrogens (primary N) is 1. The number of primary amides is 1. The summed E-state index contributed by atoms with van der Waals surface area (Å²) in [5.41, 5.74) is 6.37. The first-order valence-corrected chi connectivity index (χ1v) is 7.36. The third-order valence-electron chi connectivity index (χ3n) is 3.60. The molecule has 0 spiro atoms. The van der Waals surface area contributed by atoms with Crippen LogP contribution in [0.4, 0.5) is 5.69 Å². The van der Waals surface area contributed by atoms with Crippen molar-refractivity contribution in [2.24, 2.45) is 5.73 Å². The van der Waals surface area contributed by atoms with E-state index in [0.29, 0.717) is 4.47 Å². The van der Waals surface area contributed by atoms with E-state index in [4.69, 9.17) is 10.8 Å². The summed E-state index contributed by atoms with van der Waals surface area (Å²) < 4.78 is 0.672. The Labute approximate surface area is 125 Å². The Kier molecular flexibility index (Phi) is 4.65. The van der Waals surface area contributed by atoms with E-state index in [-0.39, 0.29) is 24.1 Å². The van der Waals surface area contributed by atoms with Crippen LogP contribution in [0, 0.1) is 0 Å². The Morgan fingerprint density at radius 2 is 2.00 bits per heavy atom. The predicted molar refractivity (Wildman–Crippen MR) is 79.9 cm³/mol. The largest absolute Gasteiger partial charge is 0.478 e. The number of carboxylic acid groups (broad SMARTS) is 1. The summed E-state index contributed by atoms with van der Waals surface area (Å²) in [7, 11) is 0. The maximum Gasteiger partial charge on any atom is 0.335 e. The standard InChI is InChI=1S/C14H17BrN2O3/c15-11-7-9(14(19)20)5-6-12(11)17(8-13(16)18)10-3-1-2-4-10/h5-7,10H,1-4,8H2,(H2,16,18)(H,19,20). The van der Waals surface area contributed by atoms with Gasteiger partial charge in [-0.25, -0.2) is 4.79 Å². The van der Waals surface area contributed by atoms with E-state index in [0.717, 1.165) is 31.4 Å². The van der Waals surface area contributed by atoms with Crippen molar-refractivity contribution in [3.63, 3.8) is 0 Å². The normalized spacial score (nSPS) is 15.2. The third-order valence-corrected chi connectivity index (χ3v) is 4.23. The topological polar surface area (TPSA) is 83.6 Å². The Morgan fingerprint density at radius 1 is 1.35 bits per heavy atom. The van der Waals surface area contributed by atoms with Gasteiger partial charge in [0.1, 0.15) is 0 Å². The van der Waals surface area contributed by atoms with Crippen LogP contribution in [0.3, 0.4) is 0 Å². The van der Waals surface area contributed by atoms with Crippen LogP contribution in [-0.2, 0) is 4.79 Å². The van der Waals surface area contributed by atoms with Crippen LogP contribution in [0.1, 0.15) is 36.0 Å². The number of halogens is 1. The van der Waals surface area contributed by atoms with Crippen molar-refractivity contribution in [3.8, 4) is 0 Å². The van der Waals surface area contributed by atoms with Crippen LogP contribution in [0.5, 0.6) is 0 Å². The number of nitrogens with zero attached hydrogens (tertiary/aromatic N) is 1. The Bertz CT molecular complexity index is 527. The molecule has 0 aromatic heterocycles. The van der Waals surface area contributed by atoms with Gasteiger partial charge in [0.15, 0.2) is 0 Å². The minimum atomic E-state index is -0.973. The second-order valence-corrected chi connectivity index (χ2v) is 5.86. The van der Waals surface area contributed by atoms with E-state index >= 15 is 0 Å². The first-order chi connectivity index (χ1) is 9.49. The Balaban J connectivity index is 2.32. The number of carbonyl (C=O) groups excluding carboxylic acids is 1. The number of anilines is 1. The zero-order valence-electron chi connectivity index (χ0n) is 11.0. The fourth-order valence-electron chi connectivity index (χ4n) is 2.67. The molecule has 1 aliphatic carbocycles. The highest BCUT2D eigenvalue weighted by molar-refractivity contribution is 9.10. The average Bonchev–Trinajstić information content (AvgIpc) is 2.89. The first kappa shape index (κ1) is 14.8. The van der Waals surface area contributed by atoms with Crippen molar-refractivity contribution in [1.82, 2.24) is 0 Å². The minimum absolute atomic E-state index is 0.148. The van der Waals surface area contributed by atoms with Crippen LogP contribution < -0.4 is 10.6 Å². The second kappa shape index (κ2) is 6.26. The molecular weight excluding hydrogens is 324 g/mol. The lowest BCUT2D eigenvalue weighted by Gasteiger charge is -2.31. The van der Waals surface area contributed by atoms with Gasteiger partial charge in [-0.05, 0) is 47.0 Å². The predicted octanol–water partition coefficient (Wildman–Crippen LogP) is 2.38. The number of hydrogen-bond acceptors (Lipinski definition) is 3. The van der Waals surface area contributed by atoms with Gasteiger partial charge in [0.25, 0.3) is 0 Å². The molecule has 0 unspecified atom stereocenters. The molecule has 6 heteroatoms. The summed E-state index contributed by atoms with van der Waals surface area (Å²) >= 11 is 3.40. The van der Waals surface area contributed by atoms with Crippen LogP contribution >= 0.6 is 15.9 Å². The van der Waals surface area contributed by atoms with Crippen molar-refractivity contribution in [2.45, 2.75) is 31.7 Å². The number of amides is 1. The van der Waals surface area contributed by atoms with Gasteiger partial charge in [-0.2, -0.15) is 0 Å². The van der Waals surface area contributed by atoms with Crippen LogP contribution in [0.15, 0.2) is 22.7 Å². The molecule has 1 aromatic carbocycles. The lowest BCUT2D eigenvalue weighted by molar-refractivity contribution is -0.116. The van der Waals surface area contributed by atoms with Gasteiger partial charge in [-0.1, -0.05) is 12.8 Å².